The van der Waals surface area contributed by atoms with Gasteiger partial charge in [-0.25, -0.2) is 0 Å². The minimum atomic E-state index is 1.03. The lowest BCUT2D eigenvalue weighted by molar-refractivity contribution is 0.265. The molecule has 2 saturated carbocycles. The van der Waals surface area contributed by atoms with Crippen molar-refractivity contribution >= 4 is 0 Å². The molecular weight excluding hydrogens is 288 g/mol. The standard InChI is InChI=1S/C24H46/c1-3-21-14-11-9-7-5-6-8-10-12-16-23(17-13-15-21)24-19-18-22(4-2)20-24/h21-24H,3-20H2,1-2H3. The zero-order chi connectivity index (χ0) is 17.0. The lowest BCUT2D eigenvalue weighted by Gasteiger charge is -2.25. The van der Waals surface area contributed by atoms with Crippen LogP contribution in [0.3, 0.4) is 0 Å². The molecule has 0 heterocycles. The van der Waals surface area contributed by atoms with E-state index in [0.29, 0.717) is 0 Å². The lowest BCUT2D eigenvalue weighted by Crippen LogP contribution is -2.13. The molecule has 0 aromatic carbocycles. The van der Waals surface area contributed by atoms with Crippen LogP contribution < -0.4 is 0 Å². The van der Waals surface area contributed by atoms with Crippen molar-refractivity contribution in [2.24, 2.45) is 23.7 Å². The fraction of sp³-hybridized carbons (Fsp3) is 1.00. The Morgan fingerprint density at radius 2 is 1.00 bits per heavy atom. The van der Waals surface area contributed by atoms with Crippen molar-refractivity contribution in [1.82, 2.24) is 0 Å². The van der Waals surface area contributed by atoms with Gasteiger partial charge in [0.2, 0.25) is 0 Å². The summed E-state index contributed by atoms with van der Waals surface area (Å²) in [5, 5.41) is 0. The summed E-state index contributed by atoms with van der Waals surface area (Å²) in [5.41, 5.74) is 0. The van der Waals surface area contributed by atoms with Gasteiger partial charge in [0.05, 0.1) is 0 Å². The van der Waals surface area contributed by atoms with Crippen molar-refractivity contribution in [3.8, 4) is 0 Å². The van der Waals surface area contributed by atoms with E-state index in [0.717, 1.165) is 23.7 Å². The fourth-order valence-corrected chi connectivity index (χ4v) is 5.65. The molecule has 2 fully saturated rings. The zero-order valence-corrected chi connectivity index (χ0v) is 17.0. The third kappa shape index (κ3) is 7.49. The highest BCUT2D eigenvalue weighted by Gasteiger charge is 2.29. The van der Waals surface area contributed by atoms with Crippen LogP contribution in [0.15, 0.2) is 0 Å². The first-order valence-corrected chi connectivity index (χ1v) is 11.8. The van der Waals surface area contributed by atoms with Crippen LogP contribution in [0, 0.1) is 23.7 Å². The van der Waals surface area contributed by atoms with Gasteiger partial charge >= 0.3 is 0 Å². The molecule has 0 heteroatoms. The molecule has 0 radical (unpaired) electrons. The summed E-state index contributed by atoms with van der Waals surface area (Å²) in [7, 11) is 0. The summed E-state index contributed by atoms with van der Waals surface area (Å²) in [5.74, 6) is 4.26. The molecule has 0 aromatic heterocycles. The van der Waals surface area contributed by atoms with Crippen LogP contribution in [-0.2, 0) is 0 Å². The highest BCUT2D eigenvalue weighted by Crippen LogP contribution is 2.41. The smallest absolute Gasteiger partial charge is 0.0383 e. The molecule has 0 bridgehead atoms. The monoisotopic (exact) mass is 334 g/mol. The first-order valence-electron chi connectivity index (χ1n) is 11.8. The van der Waals surface area contributed by atoms with Gasteiger partial charge in [-0.05, 0) is 36.5 Å². The second-order valence-electron chi connectivity index (χ2n) is 9.22. The summed E-state index contributed by atoms with van der Waals surface area (Å²) < 4.78 is 0. The van der Waals surface area contributed by atoms with Crippen LogP contribution >= 0.6 is 0 Å². The molecule has 142 valence electrons. The molecule has 0 saturated heterocycles. The number of rotatable bonds is 3. The van der Waals surface area contributed by atoms with E-state index in [1.807, 2.05) is 0 Å². The van der Waals surface area contributed by atoms with E-state index in [4.69, 9.17) is 0 Å². The van der Waals surface area contributed by atoms with Gasteiger partial charge in [-0.2, -0.15) is 0 Å². The predicted molar refractivity (Wildman–Crippen MR) is 108 cm³/mol. The molecule has 0 nitrogen and oxygen atoms in total. The third-order valence-corrected chi connectivity index (χ3v) is 7.53. The zero-order valence-electron chi connectivity index (χ0n) is 17.0. The second-order valence-corrected chi connectivity index (χ2v) is 9.22. The van der Waals surface area contributed by atoms with Crippen molar-refractivity contribution in [1.29, 1.82) is 0 Å². The van der Waals surface area contributed by atoms with E-state index < -0.39 is 0 Å². The molecule has 4 atom stereocenters. The van der Waals surface area contributed by atoms with Crippen molar-refractivity contribution in [3.63, 3.8) is 0 Å². The quantitative estimate of drug-likeness (QED) is 0.485. The fourth-order valence-electron chi connectivity index (χ4n) is 5.65. The first-order chi connectivity index (χ1) is 11.8. The van der Waals surface area contributed by atoms with Crippen molar-refractivity contribution < 1.29 is 0 Å². The molecule has 24 heavy (non-hydrogen) atoms. The van der Waals surface area contributed by atoms with E-state index in [9.17, 15) is 0 Å². The van der Waals surface area contributed by atoms with Gasteiger partial charge in [-0.3, -0.25) is 0 Å². The molecule has 2 aliphatic rings. The number of hydrogen-bond acceptors (Lipinski definition) is 0. The van der Waals surface area contributed by atoms with Crippen molar-refractivity contribution in [2.75, 3.05) is 0 Å². The summed E-state index contributed by atoms with van der Waals surface area (Å²) >= 11 is 0. The largest absolute Gasteiger partial charge is 0.0651 e. The van der Waals surface area contributed by atoms with Crippen LogP contribution in [0.4, 0.5) is 0 Å². The van der Waals surface area contributed by atoms with Gasteiger partial charge in [0, 0.05) is 0 Å². The van der Waals surface area contributed by atoms with Gasteiger partial charge in [0.1, 0.15) is 0 Å². The highest BCUT2D eigenvalue weighted by atomic mass is 14.3. The maximum Gasteiger partial charge on any atom is -0.0383 e. The molecule has 0 spiro atoms. The Morgan fingerprint density at radius 1 is 0.458 bits per heavy atom. The second kappa shape index (κ2) is 12.4. The van der Waals surface area contributed by atoms with E-state index in [-0.39, 0.29) is 0 Å². The maximum atomic E-state index is 2.43. The Morgan fingerprint density at radius 3 is 1.62 bits per heavy atom. The Hall–Kier alpha value is 0. The molecule has 0 aliphatic heterocycles. The average molecular weight is 335 g/mol. The summed E-state index contributed by atoms with van der Waals surface area (Å²) in [4.78, 5) is 0. The van der Waals surface area contributed by atoms with E-state index in [1.165, 1.54) is 89.9 Å². The topological polar surface area (TPSA) is 0 Å². The van der Waals surface area contributed by atoms with Crippen LogP contribution in [0.5, 0.6) is 0 Å². The summed E-state index contributed by atoms with van der Waals surface area (Å²) in [6.07, 6.45) is 27.2. The minimum Gasteiger partial charge on any atom is -0.0651 e. The first kappa shape index (κ1) is 20.3. The molecule has 2 aliphatic carbocycles. The van der Waals surface area contributed by atoms with Crippen LogP contribution in [-0.4, -0.2) is 0 Å². The average Bonchev–Trinajstić information content (AvgIpc) is 3.07. The van der Waals surface area contributed by atoms with Crippen molar-refractivity contribution in [2.45, 2.75) is 129 Å². The Bertz CT molecular complexity index is 294. The van der Waals surface area contributed by atoms with E-state index >= 15 is 0 Å². The molecule has 0 amide bonds. The van der Waals surface area contributed by atoms with Crippen LogP contribution in [0.25, 0.3) is 0 Å². The van der Waals surface area contributed by atoms with Gasteiger partial charge in [-0.15, -0.1) is 0 Å². The molecule has 0 aromatic rings. The number of hydrogen-bond donors (Lipinski definition) is 0. The maximum absolute atomic E-state index is 2.43. The van der Waals surface area contributed by atoms with Crippen LogP contribution in [0.2, 0.25) is 0 Å². The van der Waals surface area contributed by atoms with Gasteiger partial charge in [0.25, 0.3) is 0 Å². The molecular formula is C24H46. The van der Waals surface area contributed by atoms with Crippen LogP contribution in [0.1, 0.15) is 129 Å². The summed E-state index contributed by atoms with van der Waals surface area (Å²) in [6, 6.07) is 0. The minimum absolute atomic E-state index is 1.03. The third-order valence-electron chi connectivity index (χ3n) is 7.53. The predicted octanol–water partition coefficient (Wildman–Crippen LogP) is 8.54. The Labute approximate surface area is 153 Å². The summed E-state index contributed by atoms with van der Waals surface area (Å²) in [6.45, 7) is 4.84. The van der Waals surface area contributed by atoms with Gasteiger partial charge < -0.3 is 0 Å². The molecule has 2 rings (SSSR count). The normalized spacial score (nSPS) is 35.2. The van der Waals surface area contributed by atoms with E-state index in [1.54, 1.807) is 25.7 Å². The SMILES string of the molecule is CCC1CCCCCCCCCCC(C2CCC(CC)C2)CCC1. The lowest BCUT2D eigenvalue weighted by atomic mass is 9.81. The highest BCUT2D eigenvalue weighted by molar-refractivity contribution is 4.80. The molecule has 4 unspecified atom stereocenters. The Balaban J connectivity index is 1.83. The Kier molecular flexibility index (Phi) is 10.5. The van der Waals surface area contributed by atoms with Gasteiger partial charge in [0.15, 0.2) is 0 Å². The van der Waals surface area contributed by atoms with E-state index in [2.05, 4.69) is 13.8 Å². The van der Waals surface area contributed by atoms with Gasteiger partial charge in [-0.1, -0.05) is 117 Å². The molecule has 0 N–H and O–H groups in total. The van der Waals surface area contributed by atoms with Crippen molar-refractivity contribution in [3.05, 3.63) is 0 Å².